The molecule has 2 aliphatic carbocycles. The predicted molar refractivity (Wildman–Crippen MR) is 188 cm³/mol. The third-order valence-corrected chi connectivity index (χ3v) is 20.3. The van der Waals surface area contributed by atoms with Gasteiger partial charge in [0.05, 0.1) is 0 Å². The van der Waals surface area contributed by atoms with E-state index in [1.54, 1.807) is 3.87 Å². The molecule has 0 N–H and O–H groups in total. The van der Waals surface area contributed by atoms with Crippen molar-refractivity contribution >= 4 is 41.2 Å². The summed E-state index contributed by atoms with van der Waals surface area (Å²) in [5.41, 5.74) is 11.3. The Morgan fingerprint density at radius 3 is 1.76 bits per heavy atom. The van der Waals surface area contributed by atoms with Gasteiger partial charge in [0, 0.05) is 0 Å². The molecule has 0 nitrogen and oxygen atoms in total. The Morgan fingerprint density at radius 1 is 0.690 bits per heavy atom. The number of allylic oxidation sites excluding steroid dienone is 4. The number of halogens is 2. The van der Waals surface area contributed by atoms with E-state index in [1.807, 2.05) is 0 Å². The molecule has 6 rings (SSSR count). The Morgan fingerprint density at radius 2 is 1.26 bits per heavy atom. The maximum absolute atomic E-state index is 5.67. The van der Waals surface area contributed by atoms with Gasteiger partial charge in [-0.05, 0) is 0 Å². The van der Waals surface area contributed by atoms with Crippen molar-refractivity contribution in [1.82, 2.24) is 0 Å². The van der Waals surface area contributed by atoms with Gasteiger partial charge >= 0.3 is 243 Å². The quantitative estimate of drug-likeness (QED) is 0.164. The maximum atomic E-state index is 5.67. The van der Waals surface area contributed by atoms with E-state index in [4.69, 9.17) is 4.82 Å². The van der Waals surface area contributed by atoms with E-state index in [0.29, 0.717) is 11.8 Å². The first-order chi connectivity index (χ1) is 19.1. The van der Waals surface area contributed by atoms with Gasteiger partial charge in [0.1, 0.15) is 0 Å². The fourth-order valence-corrected chi connectivity index (χ4v) is 18.0. The van der Waals surface area contributed by atoms with Crippen LogP contribution in [0.1, 0.15) is 79.3 Å². The van der Waals surface area contributed by atoms with Crippen molar-refractivity contribution in [2.75, 3.05) is 0 Å². The van der Waals surface area contributed by atoms with Crippen molar-refractivity contribution in [3.63, 3.8) is 0 Å². The Bertz CT molecular complexity index is 1700. The topological polar surface area (TPSA) is 0 Å². The van der Waals surface area contributed by atoms with Crippen LogP contribution in [0.4, 0.5) is 0 Å². The van der Waals surface area contributed by atoms with Crippen LogP contribution < -0.4 is 11.6 Å². The van der Waals surface area contributed by atoms with Gasteiger partial charge in [0.25, 0.3) is 0 Å². The molecule has 0 aliphatic heterocycles. The molecule has 0 saturated heterocycles. The van der Waals surface area contributed by atoms with E-state index < -0.39 is 14.8 Å². The molecule has 0 bridgehead atoms. The summed E-state index contributed by atoms with van der Waals surface area (Å²) in [6.45, 7) is 13.7. The van der Waals surface area contributed by atoms with Crippen LogP contribution >= 0.6 is 24.8 Å². The second-order valence-corrected chi connectivity index (χ2v) is 21.1. The van der Waals surface area contributed by atoms with Crippen LogP contribution in [0.15, 0.2) is 101 Å². The molecule has 0 spiro atoms. The molecule has 0 saturated carbocycles. The van der Waals surface area contributed by atoms with Crippen molar-refractivity contribution in [2.45, 2.75) is 66.2 Å². The first kappa shape index (κ1) is 32.4. The van der Waals surface area contributed by atoms with Crippen LogP contribution in [0, 0.1) is 13.8 Å². The summed E-state index contributed by atoms with van der Waals surface area (Å²) >= 11 is -4.40. The molecule has 0 atom stereocenters. The SMILES string of the molecule is Cl.Cl.[CH2]=[Ti]([C]1=CC=CC1)([c]1ccc(C)cc1)([c]1ccc(C)cc1)[c]1c(C(C)C)ccc2c1Cc1cc(C(C)C)ccc1-2. The Labute approximate surface area is 266 Å². The van der Waals surface area contributed by atoms with E-state index in [1.165, 1.54) is 56.1 Å². The zero-order valence-electron chi connectivity index (χ0n) is 25.8. The fourth-order valence-electron chi connectivity index (χ4n) is 7.49. The molecule has 4 aromatic carbocycles. The van der Waals surface area contributed by atoms with Gasteiger partial charge in [-0.15, -0.1) is 24.8 Å². The molecule has 4 aromatic rings. The first-order valence-electron chi connectivity index (χ1n) is 15.0. The van der Waals surface area contributed by atoms with Crippen molar-refractivity contribution in [3.05, 3.63) is 134 Å². The van der Waals surface area contributed by atoms with E-state index in [9.17, 15) is 0 Å². The van der Waals surface area contributed by atoms with Crippen LogP contribution in [0.5, 0.6) is 0 Å². The predicted octanol–water partition coefficient (Wildman–Crippen LogP) is 9.21. The van der Waals surface area contributed by atoms with Gasteiger partial charge < -0.3 is 0 Å². The summed E-state index contributed by atoms with van der Waals surface area (Å²) < 4.78 is 5.94. The van der Waals surface area contributed by atoms with Gasteiger partial charge in [-0.2, -0.15) is 0 Å². The molecule has 0 heterocycles. The van der Waals surface area contributed by atoms with Crippen molar-refractivity contribution in [2.24, 2.45) is 0 Å². The van der Waals surface area contributed by atoms with Crippen LogP contribution in [-0.4, -0.2) is 4.82 Å². The number of rotatable bonds is 6. The number of fused-ring (bicyclic) bond motifs is 3. The Hall–Kier alpha value is -2.48. The van der Waals surface area contributed by atoms with Gasteiger partial charge in [0.15, 0.2) is 0 Å². The molecule has 0 aromatic heterocycles. The molecule has 218 valence electrons. The third-order valence-electron chi connectivity index (χ3n) is 9.83. The summed E-state index contributed by atoms with van der Waals surface area (Å²) in [5, 5.41) is 0. The molecule has 2 aliphatic rings. The average Bonchev–Trinajstić information content (AvgIpc) is 3.61. The second-order valence-electron chi connectivity index (χ2n) is 13.0. The number of hydrogen-bond donors (Lipinski definition) is 0. The molecule has 0 unspecified atom stereocenters. The summed E-state index contributed by atoms with van der Waals surface area (Å²) in [6.07, 6.45) is 8.98. The monoisotopic (exact) mass is 630 g/mol. The standard InChI is InChI=1S/C19H21.2C7H7.C5H5.CH2.2ClH.Ti/c1-12(2)14-5-7-18-16(9-14)11-17-10-15(13(3)4)6-8-19(17)18;2*1-7-5-3-2-4-6-7;1-2-4-5-3-1;;;;/h5-9,12-13H,11H2,1-4H3;2*3-6H,1H3;1-3H,4H2;1H2;2*1H;. The van der Waals surface area contributed by atoms with Crippen LogP contribution in [0.3, 0.4) is 0 Å². The number of benzene rings is 4. The minimum absolute atomic E-state index is 0. The van der Waals surface area contributed by atoms with E-state index >= 15 is 0 Å². The van der Waals surface area contributed by atoms with E-state index in [0.717, 1.165) is 12.8 Å². The minimum atomic E-state index is -4.40. The Kier molecular flexibility index (Phi) is 9.19. The second kappa shape index (κ2) is 11.9. The van der Waals surface area contributed by atoms with Gasteiger partial charge in [-0.3, -0.25) is 0 Å². The van der Waals surface area contributed by atoms with Gasteiger partial charge in [0.2, 0.25) is 0 Å². The Balaban J connectivity index is 0.00000202. The molecular weight excluding hydrogens is 587 g/mol. The van der Waals surface area contributed by atoms with Crippen molar-refractivity contribution < 1.29 is 14.8 Å². The van der Waals surface area contributed by atoms with Gasteiger partial charge in [-0.1, -0.05) is 0 Å². The van der Waals surface area contributed by atoms with E-state index in [-0.39, 0.29) is 24.8 Å². The summed E-state index contributed by atoms with van der Waals surface area (Å²) in [5.74, 6) is 0.914. The summed E-state index contributed by atoms with van der Waals surface area (Å²) in [7, 11) is 0. The van der Waals surface area contributed by atoms with Crippen LogP contribution in [-0.2, 0) is 21.3 Å². The number of aryl methyl sites for hydroxylation is 2. The van der Waals surface area contributed by atoms with Crippen LogP contribution in [0.25, 0.3) is 11.1 Å². The first-order valence-corrected chi connectivity index (χ1v) is 19.2. The van der Waals surface area contributed by atoms with E-state index in [2.05, 4.69) is 139 Å². The summed E-state index contributed by atoms with van der Waals surface area (Å²) in [6, 6.07) is 31.0. The zero-order chi connectivity index (χ0) is 28.3. The molecule has 0 fully saturated rings. The molecular formula is C39H44Cl2Ti. The van der Waals surface area contributed by atoms with Crippen molar-refractivity contribution in [3.8, 4) is 11.1 Å². The molecule has 3 heteroatoms. The molecule has 0 amide bonds. The van der Waals surface area contributed by atoms with Crippen molar-refractivity contribution in [1.29, 1.82) is 0 Å². The summed E-state index contributed by atoms with van der Waals surface area (Å²) in [4.78, 5) is 5.67. The average molecular weight is 632 g/mol. The van der Waals surface area contributed by atoms with Gasteiger partial charge in [-0.25, -0.2) is 0 Å². The van der Waals surface area contributed by atoms with Crippen LogP contribution in [0.2, 0.25) is 0 Å². The zero-order valence-corrected chi connectivity index (χ0v) is 29.0. The molecule has 42 heavy (non-hydrogen) atoms. The fraction of sp³-hybridized carbons (Fsp3) is 0.256. The molecule has 0 radical (unpaired) electrons. The number of hydrogen-bond acceptors (Lipinski definition) is 0. The normalized spacial score (nSPS) is 13.9. The third kappa shape index (κ3) is 4.76.